The Balaban J connectivity index is 2.04. The summed E-state index contributed by atoms with van der Waals surface area (Å²) in [5.41, 5.74) is 1.92. The zero-order valence-electron chi connectivity index (χ0n) is 12.7. The summed E-state index contributed by atoms with van der Waals surface area (Å²) < 4.78 is 7.33. The lowest BCUT2D eigenvalue weighted by Crippen LogP contribution is -1.96. The lowest BCUT2D eigenvalue weighted by atomic mass is 10.1. The van der Waals surface area contributed by atoms with Crippen molar-refractivity contribution in [1.29, 1.82) is 0 Å². The van der Waals surface area contributed by atoms with Gasteiger partial charge in [0.05, 0.1) is 0 Å². The zero-order chi connectivity index (χ0) is 16.4. The number of aryl methyl sites for hydroxylation is 2. The van der Waals surface area contributed by atoms with Crippen LogP contribution in [0.1, 0.15) is 18.4 Å². The maximum absolute atomic E-state index is 11.5. The molecule has 7 heteroatoms. The van der Waals surface area contributed by atoms with E-state index in [-0.39, 0.29) is 10.1 Å². The molecule has 1 N–H and O–H groups in total. The van der Waals surface area contributed by atoms with Crippen molar-refractivity contribution in [2.45, 2.75) is 25.6 Å². The van der Waals surface area contributed by atoms with Gasteiger partial charge in [-0.3, -0.25) is 0 Å². The molecule has 0 aliphatic heterocycles. The van der Waals surface area contributed by atoms with Gasteiger partial charge in [0.25, 0.3) is 5.22 Å². The Hall–Kier alpha value is -2.54. The van der Waals surface area contributed by atoms with Crippen LogP contribution < -0.4 is 0 Å². The first-order valence-electron chi connectivity index (χ1n) is 7.09. The molecule has 0 amide bonds. The fourth-order valence-corrected chi connectivity index (χ4v) is 3.05. The van der Waals surface area contributed by atoms with Crippen LogP contribution in [0.5, 0.6) is 0 Å². The summed E-state index contributed by atoms with van der Waals surface area (Å²) in [5, 5.41) is 18.2. The monoisotopic (exact) mass is 329 g/mol. The second kappa shape index (κ2) is 6.29. The summed E-state index contributed by atoms with van der Waals surface area (Å²) >= 11 is 0.950. The lowest BCUT2D eigenvalue weighted by molar-refractivity contribution is -0.131. The van der Waals surface area contributed by atoms with Crippen molar-refractivity contribution in [3.63, 3.8) is 0 Å². The number of fused-ring (bicyclic) bond motifs is 1. The topological polar surface area (TPSA) is 81.2 Å². The summed E-state index contributed by atoms with van der Waals surface area (Å²) in [5.74, 6) is -0.626. The molecule has 3 aromatic rings. The Morgan fingerprint density at radius 3 is 2.83 bits per heavy atom. The Morgan fingerprint density at radius 1 is 1.39 bits per heavy atom. The van der Waals surface area contributed by atoms with Gasteiger partial charge in [0.2, 0.25) is 5.89 Å². The van der Waals surface area contributed by atoms with Crippen molar-refractivity contribution in [2.24, 2.45) is 0 Å². The van der Waals surface area contributed by atoms with Crippen LogP contribution in [-0.2, 0) is 11.3 Å². The Labute approximate surface area is 136 Å². The van der Waals surface area contributed by atoms with E-state index in [0.29, 0.717) is 5.89 Å². The summed E-state index contributed by atoms with van der Waals surface area (Å²) in [4.78, 5) is 11.7. The lowest BCUT2D eigenvalue weighted by Gasteiger charge is -1.98. The number of hydrogen-bond acceptors (Lipinski definition) is 5. The standard InChI is InChI=1S/C16H15N3O3S/c1-3-19-9-11(12-6-4-5-7-13(12)19)8-14(15(20)21)23-16-18-17-10(2)22-16/h4-9H,3H2,1-2H3,(H,20,21)/b14-8-. The highest BCUT2D eigenvalue weighted by molar-refractivity contribution is 8.03. The number of aromatic nitrogens is 3. The van der Waals surface area contributed by atoms with E-state index in [9.17, 15) is 9.90 Å². The molecule has 2 heterocycles. The van der Waals surface area contributed by atoms with E-state index in [2.05, 4.69) is 14.8 Å². The maximum Gasteiger partial charge on any atom is 0.342 e. The molecule has 3 rings (SSSR count). The molecule has 0 bridgehead atoms. The molecule has 0 atom stereocenters. The predicted octanol–water partition coefficient (Wildman–Crippen LogP) is 3.57. The van der Waals surface area contributed by atoms with Crippen LogP contribution in [0.4, 0.5) is 0 Å². The van der Waals surface area contributed by atoms with Gasteiger partial charge in [-0.25, -0.2) is 4.79 Å². The van der Waals surface area contributed by atoms with Gasteiger partial charge in [-0.1, -0.05) is 18.2 Å². The van der Waals surface area contributed by atoms with Crippen molar-refractivity contribution in [1.82, 2.24) is 14.8 Å². The molecule has 0 saturated carbocycles. The Kier molecular flexibility index (Phi) is 4.20. The summed E-state index contributed by atoms with van der Waals surface area (Å²) in [6.07, 6.45) is 3.59. The number of carbonyl (C=O) groups is 1. The van der Waals surface area contributed by atoms with Gasteiger partial charge in [-0.2, -0.15) is 0 Å². The minimum absolute atomic E-state index is 0.132. The Bertz CT molecular complexity index is 895. The third kappa shape index (κ3) is 3.14. The first-order valence-corrected chi connectivity index (χ1v) is 7.91. The fourth-order valence-electron chi connectivity index (χ4n) is 2.34. The average molecular weight is 329 g/mol. The van der Waals surface area contributed by atoms with Crippen molar-refractivity contribution >= 4 is 34.7 Å². The van der Waals surface area contributed by atoms with Crippen molar-refractivity contribution < 1.29 is 14.3 Å². The minimum atomic E-state index is -1.03. The third-order valence-corrected chi connectivity index (χ3v) is 4.21. The molecule has 0 radical (unpaired) electrons. The number of thioether (sulfide) groups is 1. The highest BCUT2D eigenvalue weighted by Crippen LogP contribution is 2.30. The normalized spacial score (nSPS) is 12.0. The van der Waals surface area contributed by atoms with Crippen molar-refractivity contribution in [3.05, 3.63) is 46.8 Å². The molecule has 2 aromatic heterocycles. The van der Waals surface area contributed by atoms with Crippen LogP contribution in [0.15, 0.2) is 45.0 Å². The molecule has 6 nitrogen and oxygen atoms in total. The molecule has 118 valence electrons. The van der Waals surface area contributed by atoms with Crippen LogP contribution in [-0.4, -0.2) is 25.8 Å². The molecule has 1 aromatic carbocycles. The van der Waals surface area contributed by atoms with E-state index in [4.69, 9.17) is 4.42 Å². The fraction of sp³-hybridized carbons (Fsp3) is 0.188. The van der Waals surface area contributed by atoms with Gasteiger partial charge in [0.1, 0.15) is 4.91 Å². The van der Waals surface area contributed by atoms with Gasteiger partial charge < -0.3 is 14.1 Å². The number of para-hydroxylation sites is 1. The van der Waals surface area contributed by atoms with Crippen molar-refractivity contribution in [2.75, 3.05) is 0 Å². The quantitative estimate of drug-likeness (QED) is 0.569. The first kappa shape index (κ1) is 15.4. The number of rotatable bonds is 5. The van der Waals surface area contributed by atoms with Gasteiger partial charge in [-0.15, -0.1) is 10.2 Å². The second-order valence-electron chi connectivity index (χ2n) is 4.89. The van der Waals surface area contributed by atoms with Gasteiger partial charge in [0, 0.05) is 36.1 Å². The second-order valence-corrected chi connectivity index (χ2v) is 5.88. The molecular formula is C16H15N3O3S. The van der Waals surface area contributed by atoms with Gasteiger partial charge in [-0.05, 0) is 30.8 Å². The predicted molar refractivity (Wildman–Crippen MR) is 88.1 cm³/mol. The van der Waals surface area contributed by atoms with E-state index in [1.54, 1.807) is 13.0 Å². The summed E-state index contributed by atoms with van der Waals surface area (Å²) in [7, 11) is 0. The molecule has 0 spiro atoms. The van der Waals surface area contributed by atoms with E-state index in [1.807, 2.05) is 37.4 Å². The maximum atomic E-state index is 11.5. The van der Waals surface area contributed by atoms with E-state index < -0.39 is 5.97 Å². The molecule has 0 aliphatic carbocycles. The molecule has 0 unspecified atom stereocenters. The summed E-state index contributed by atoms with van der Waals surface area (Å²) in [6.45, 7) is 4.52. The largest absolute Gasteiger partial charge is 0.477 e. The Morgan fingerprint density at radius 2 is 2.17 bits per heavy atom. The van der Waals surface area contributed by atoms with E-state index >= 15 is 0 Å². The first-order chi connectivity index (χ1) is 11.1. The van der Waals surface area contributed by atoms with Gasteiger partial charge in [0.15, 0.2) is 0 Å². The number of benzene rings is 1. The van der Waals surface area contributed by atoms with Crippen LogP contribution >= 0.6 is 11.8 Å². The van der Waals surface area contributed by atoms with Crippen LogP contribution in [0.3, 0.4) is 0 Å². The SMILES string of the molecule is CCn1cc(/C=C(\Sc2nnc(C)o2)C(=O)O)c2ccccc21. The molecular weight excluding hydrogens is 314 g/mol. The minimum Gasteiger partial charge on any atom is -0.477 e. The number of nitrogens with zero attached hydrogens (tertiary/aromatic N) is 3. The van der Waals surface area contributed by atoms with E-state index in [1.165, 1.54) is 0 Å². The number of carboxylic acids is 1. The van der Waals surface area contributed by atoms with Crippen molar-refractivity contribution in [3.8, 4) is 0 Å². The van der Waals surface area contributed by atoms with Crippen LogP contribution in [0.25, 0.3) is 17.0 Å². The molecule has 0 saturated heterocycles. The zero-order valence-corrected chi connectivity index (χ0v) is 13.5. The molecule has 0 aliphatic rings. The smallest absolute Gasteiger partial charge is 0.342 e. The molecule has 0 fully saturated rings. The van der Waals surface area contributed by atoms with Crippen LogP contribution in [0.2, 0.25) is 0 Å². The van der Waals surface area contributed by atoms with Crippen LogP contribution in [0, 0.1) is 6.92 Å². The average Bonchev–Trinajstić information content (AvgIpc) is 3.10. The highest BCUT2D eigenvalue weighted by atomic mass is 32.2. The summed E-state index contributed by atoms with van der Waals surface area (Å²) in [6, 6.07) is 7.91. The number of hydrogen-bond donors (Lipinski definition) is 1. The number of carboxylic acid groups (broad SMARTS) is 1. The highest BCUT2D eigenvalue weighted by Gasteiger charge is 2.16. The third-order valence-electron chi connectivity index (χ3n) is 3.36. The molecule has 23 heavy (non-hydrogen) atoms. The van der Waals surface area contributed by atoms with Gasteiger partial charge >= 0.3 is 5.97 Å². The number of aliphatic carboxylic acids is 1. The van der Waals surface area contributed by atoms with E-state index in [0.717, 1.165) is 34.8 Å².